The van der Waals surface area contributed by atoms with Crippen molar-refractivity contribution in [3.8, 4) is 5.69 Å². The standard InChI is InChI=1S/C18H15ClN4/c1-11-4-3-5-15-17(11)18(13-6-8-14(19)9-7-13)20-10-16-22-21-12(2)23(15)16/h3-9H,10H2,1-2H3. The van der Waals surface area contributed by atoms with Crippen LogP contribution >= 0.6 is 11.6 Å². The monoisotopic (exact) mass is 322 g/mol. The number of fused-ring (bicyclic) bond motifs is 3. The lowest BCUT2D eigenvalue weighted by Gasteiger charge is -2.15. The molecule has 0 aliphatic carbocycles. The molecule has 0 fully saturated rings. The third-order valence-electron chi connectivity index (χ3n) is 4.12. The highest BCUT2D eigenvalue weighted by Gasteiger charge is 2.22. The minimum absolute atomic E-state index is 0.507. The van der Waals surface area contributed by atoms with Crippen molar-refractivity contribution in [2.75, 3.05) is 0 Å². The second-order valence-electron chi connectivity index (χ2n) is 5.64. The molecule has 0 bridgehead atoms. The van der Waals surface area contributed by atoms with Crippen molar-refractivity contribution in [1.82, 2.24) is 14.8 Å². The van der Waals surface area contributed by atoms with Crippen molar-refractivity contribution in [2.45, 2.75) is 20.4 Å². The zero-order valence-corrected chi connectivity index (χ0v) is 13.7. The van der Waals surface area contributed by atoms with E-state index in [4.69, 9.17) is 16.6 Å². The van der Waals surface area contributed by atoms with Gasteiger partial charge in [0.15, 0.2) is 5.82 Å². The Morgan fingerprint density at radius 1 is 1.00 bits per heavy atom. The van der Waals surface area contributed by atoms with Gasteiger partial charge in [-0.2, -0.15) is 0 Å². The van der Waals surface area contributed by atoms with E-state index in [2.05, 4.69) is 39.9 Å². The molecule has 23 heavy (non-hydrogen) atoms. The highest BCUT2D eigenvalue weighted by Crippen LogP contribution is 2.28. The Morgan fingerprint density at radius 3 is 2.57 bits per heavy atom. The summed E-state index contributed by atoms with van der Waals surface area (Å²) in [5.74, 6) is 1.73. The molecule has 0 N–H and O–H groups in total. The molecule has 5 heteroatoms. The van der Waals surface area contributed by atoms with Crippen LogP contribution in [-0.2, 0) is 6.54 Å². The molecule has 0 spiro atoms. The fourth-order valence-corrected chi connectivity index (χ4v) is 3.17. The molecule has 0 radical (unpaired) electrons. The second kappa shape index (κ2) is 5.32. The fourth-order valence-electron chi connectivity index (χ4n) is 3.04. The summed E-state index contributed by atoms with van der Waals surface area (Å²) < 4.78 is 2.09. The van der Waals surface area contributed by atoms with E-state index in [9.17, 15) is 0 Å². The molecule has 4 nitrogen and oxygen atoms in total. The van der Waals surface area contributed by atoms with Gasteiger partial charge in [0.05, 0.1) is 11.4 Å². The zero-order chi connectivity index (χ0) is 16.0. The molecule has 2 aromatic carbocycles. The lowest BCUT2D eigenvalue weighted by molar-refractivity contribution is 0.861. The maximum absolute atomic E-state index is 6.03. The zero-order valence-electron chi connectivity index (χ0n) is 12.9. The van der Waals surface area contributed by atoms with Gasteiger partial charge in [-0.3, -0.25) is 9.56 Å². The van der Waals surface area contributed by atoms with Gasteiger partial charge in [0.2, 0.25) is 0 Å². The van der Waals surface area contributed by atoms with Crippen LogP contribution in [0.25, 0.3) is 5.69 Å². The first-order chi connectivity index (χ1) is 11.1. The predicted octanol–water partition coefficient (Wildman–Crippen LogP) is 3.89. The van der Waals surface area contributed by atoms with Crippen molar-refractivity contribution in [3.63, 3.8) is 0 Å². The third-order valence-corrected chi connectivity index (χ3v) is 4.37. The first-order valence-corrected chi connectivity index (χ1v) is 7.84. The average molecular weight is 323 g/mol. The molecule has 0 unspecified atom stereocenters. The van der Waals surface area contributed by atoms with Crippen LogP contribution in [0.5, 0.6) is 0 Å². The van der Waals surface area contributed by atoms with Gasteiger partial charge in [-0.05, 0) is 37.6 Å². The van der Waals surface area contributed by atoms with E-state index < -0.39 is 0 Å². The molecule has 1 aliphatic heterocycles. The molecule has 0 amide bonds. The number of halogens is 1. The number of hydrogen-bond acceptors (Lipinski definition) is 3. The summed E-state index contributed by atoms with van der Waals surface area (Å²) in [5.41, 5.74) is 5.41. The molecule has 0 saturated carbocycles. The van der Waals surface area contributed by atoms with Gasteiger partial charge >= 0.3 is 0 Å². The Kier molecular flexibility index (Phi) is 3.27. The number of benzene rings is 2. The fraction of sp³-hybridized carbons (Fsp3) is 0.167. The Labute approximate surface area is 139 Å². The summed E-state index contributed by atoms with van der Waals surface area (Å²) in [6, 6.07) is 14.1. The van der Waals surface area contributed by atoms with Crippen LogP contribution in [0.3, 0.4) is 0 Å². The van der Waals surface area contributed by atoms with E-state index in [0.717, 1.165) is 39.2 Å². The molecule has 4 rings (SSSR count). The minimum atomic E-state index is 0.507. The first kappa shape index (κ1) is 14.2. The number of hydrogen-bond donors (Lipinski definition) is 0. The van der Waals surface area contributed by atoms with Crippen LogP contribution in [0.4, 0.5) is 0 Å². The van der Waals surface area contributed by atoms with Crippen molar-refractivity contribution in [2.24, 2.45) is 4.99 Å². The van der Waals surface area contributed by atoms with Gasteiger partial charge in [0.1, 0.15) is 12.4 Å². The second-order valence-corrected chi connectivity index (χ2v) is 6.08. The molecular formula is C18H15ClN4. The molecule has 3 aromatic rings. The number of aryl methyl sites for hydroxylation is 2. The summed E-state index contributed by atoms with van der Waals surface area (Å²) in [4.78, 5) is 4.83. The normalized spacial score (nSPS) is 13.1. The van der Waals surface area contributed by atoms with Crippen molar-refractivity contribution in [1.29, 1.82) is 0 Å². The summed E-state index contributed by atoms with van der Waals surface area (Å²) >= 11 is 6.03. The molecule has 1 aliphatic rings. The Bertz CT molecular complexity index is 923. The van der Waals surface area contributed by atoms with Crippen molar-refractivity contribution in [3.05, 3.63) is 75.8 Å². The van der Waals surface area contributed by atoms with E-state index in [1.807, 2.05) is 31.2 Å². The van der Waals surface area contributed by atoms with Crippen LogP contribution in [0, 0.1) is 13.8 Å². The van der Waals surface area contributed by atoms with Gasteiger partial charge in [0, 0.05) is 16.1 Å². The molecule has 0 saturated heterocycles. The molecule has 0 atom stereocenters. The highest BCUT2D eigenvalue weighted by atomic mass is 35.5. The Hall–Kier alpha value is -2.46. The van der Waals surface area contributed by atoms with Crippen LogP contribution in [0.2, 0.25) is 5.02 Å². The van der Waals surface area contributed by atoms with Gasteiger partial charge in [-0.1, -0.05) is 35.9 Å². The lowest BCUT2D eigenvalue weighted by atomic mass is 9.96. The van der Waals surface area contributed by atoms with Crippen molar-refractivity contribution >= 4 is 17.3 Å². The van der Waals surface area contributed by atoms with E-state index >= 15 is 0 Å². The van der Waals surface area contributed by atoms with Crippen LogP contribution in [0.15, 0.2) is 47.5 Å². The number of rotatable bonds is 1. The topological polar surface area (TPSA) is 43.1 Å². The van der Waals surface area contributed by atoms with Crippen LogP contribution in [0.1, 0.15) is 28.3 Å². The van der Waals surface area contributed by atoms with Gasteiger partial charge in [-0.25, -0.2) is 0 Å². The maximum Gasteiger partial charge on any atom is 0.159 e. The number of nitrogens with zero attached hydrogens (tertiary/aromatic N) is 4. The van der Waals surface area contributed by atoms with E-state index in [-0.39, 0.29) is 0 Å². The Morgan fingerprint density at radius 2 is 1.78 bits per heavy atom. The third kappa shape index (κ3) is 2.26. The first-order valence-electron chi connectivity index (χ1n) is 7.47. The van der Waals surface area contributed by atoms with Gasteiger partial charge in [0.25, 0.3) is 0 Å². The number of aromatic nitrogens is 3. The quantitative estimate of drug-likeness (QED) is 0.682. The van der Waals surface area contributed by atoms with Crippen LogP contribution < -0.4 is 0 Å². The summed E-state index contributed by atoms with van der Waals surface area (Å²) in [6.45, 7) is 4.58. The highest BCUT2D eigenvalue weighted by molar-refractivity contribution is 6.30. The minimum Gasteiger partial charge on any atom is -0.281 e. The summed E-state index contributed by atoms with van der Waals surface area (Å²) in [5, 5.41) is 9.20. The van der Waals surface area contributed by atoms with E-state index in [1.54, 1.807) is 0 Å². The van der Waals surface area contributed by atoms with Crippen LogP contribution in [-0.4, -0.2) is 20.5 Å². The maximum atomic E-state index is 6.03. The number of aliphatic imine (C=N–C) groups is 1. The van der Waals surface area contributed by atoms with Gasteiger partial charge in [-0.15, -0.1) is 10.2 Å². The SMILES string of the molecule is Cc1cccc2c1C(c1ccc(Cl)cc1)=NCc1nnc(C)n1-2. The average Bonchev–Trinajstić information content (AvgIpc) is 2.82. The summed E-state index contributed by atoms with van der Waals surface area (Å²) in [7, 11) is 0. The molecular weight excluding hydrogens is 308 g/mol. The largest absolute Gasteiger partial charge is 0.281 e. The summed E-state index contributed by atoms with van der Waals surface area (Å²) in [6.07, 6.45) is 0. The molecule has 1 aromatic heterocycles. The molecule has 2 heterocycles. The Balaban J connectivity index is 2.01. The van der Waals surface area contributed by atoms with Crippen molar-refractivity contribution < 1.29 is 0 Å². The van der Waals surface area contributed by atoms with E-state index in [0.29, 0.717) is 6.54 Å². The van der Waals surface area contributed by atoms with Gasteiger partial charge < -0.3 is 0 Å². The van der Waals surface area contributed by atoms with E-state index in [1.165, 1.54) is 5.56 Å². The smallest absolute Gasteiger partial charge is 0.159 e. The lowest BCUT2D eigenvalue weighted by Crippen LogP contribution is -2.10. The predicted molar refractivity (Wildman–Crippen MR) is 91.6 cm³/mol. The molecule has 114 valence electrons.